The molecule has 4 aliphatic rings. The zero-order valence-corrected chi connectivity index (χ0v) is 12.0. The van der Waals surface area contributed by atoms with Crippen molar-refractivity contribution in [2.45, 2.75) is 44.1 Å². The van der Waals surface area contributed by atoms with E-state index in [9.17, 15) is 9.90 Å². The number of hydrogen-bond donors (Lipinski definition) is 3. The molecule has 0 atom stereocenters. The lowest BCUT2D eigenvalue weighted by atomic mass is 9.53. The number of aromatic carboxylic acids is 1. The van der Waals surface area contributed by atoms with E-state index in [0.717, 1.165) is 17.8 Å². The molecule has 5 nitrogen and oxygen atoms in total. The molecule has 4 bridgehead atoms. The number of rotatable bonds is 3. The lowest BCUT2D eigenvalue weighted by molar-refractivity contribution is 0.0105. The molecule has 5 heteroatoms. The molecule has 0 aliphatic heterocycles. The summed E-state index contributed by atoms with van der Waals surface area (Å²) < 4.78 is 0. The minimum Gasteiger partial charge on any atom is -0.478 e. The fraction of sp³-hybridized carbons (Fsp3) is 0.625. The number of nitrogens with two attached hydrogens (primary N) is 1. The van der Waals surface area contributed by atoms with Crippen LogP contribution in [0, 0.1) is 17.8 Å². The highest BCUT2D eigenvalue weighted by atomic mass is 16.4. The van der Waals surface area contributed by atoms with Gasteiger partial charge in [0.15, 0.2) is 0 Å². The zero-order chi connectivity index (χ0) is 14.6. The number of nitrogen functional groups attached to an aromatic ring is 1. The van der Waals surface area contributed by atoms with Gasteiger partial charge in [0.05, 0.1) is 17.4 Å². The second-order valence-electron chi connectivity index (χ2n) is 7.28. The number of carboxylic acids is 1. The molecule has 4 aliphatic carbocycles. The Kier molecular flexibility index (Phi) is 2.68. The monoisotopic (exact) mass is 287 g/mol. The molecule has 4 fully saturated rings. The number of pyridine rings is 1. The first kappa shape index (κ1) is 12.9. The predicted molar refractivity (Wildman–Crippen MR) is 80.1 cm³/mol. The van der Waals surface area contributed by atoms with Crippen LogP contribution in [0.15, 0.2) is 12.3 Å². The van der Waals surface area contributed by atoms with Gasteiger partial charge in [0.1, 0.15) is 5.82 Å². The number of carbonyl (C=O) groups is 1. The van der Waals surface area contributed by atoms with Gasteiger partial charge in [-0.2, -0.15) is 0 Å². The summed E-state index contributed by atoms with van der Waals surface area (Å²) >= 11 is 0. The number of nitrogens with one attached hydrogen (secondary N) is 1. The van der Waals surface area contributed by atoms with Crippen molar-refractivity contribution in [1.82, 2.24) is 4.98 Å². The van der Waals surface area contributed by atoms with Crippen LogP contribution in [0.25, 0.3) is 0 Å². The Bertz CT molecular complexity index is 564. The van der Waals surface area contributed by atoms with Gasteiger partial charge in [-0.05, 0) is 62.3 Å². The SMILES string of the molecule is Nc1cnc(NC23CC4CC(CC(C4)C2)C3)cc1C(=O)O. The van der Waals surface area contributed by atoms with Crippen molar-refractivity contribution in [3.8, 4) is 0 Å². The molecule has 0 spiro atoms. The maximum Gasteiger partial charge on any atom is 0.337 e. The number of aromatic nitrogens is 1. The van der Waals surface area contributed by atoms with Crippen molar-refractivity contribution in [1.29, 1.82) is 0 Å². The lowest BCUT2D eigenvalue weighted by Crippen LogP contribution is -2.54. The molecule has 1 heterocycles. The Balaban J connectivity index is 1.61. The minimum atomic E-state index is -0.997. The van der Waals surface area contributed by atoms with Crippen molar-refractivity contribution in [2.24, 2.45) is 17.8 Å². The predicted octanol–water partition coefficient (Wildman–Crippen LogP) is 2.74. The first-order valence-electron chi connectivity index (χ1n) is 7.80. The van der Waals surface area contributed by atoms with Gasteiger partial charge in [-0.25, -0.2) is 9.78 Å². The summed E-state index contributed by atoms with van der Waals surface area (Å²) in [6.45, 7) is 0. The normalized spacial score (nSPS) is 36.7. The summed E-state index contributed by atoms with van der Waals surface area (Å²) in [5.41, 5.74) is 6.17. The Labute approximate surface area is 123 Å². The number of anilines is 2. The van der Waals surface area contributed by atoms with Crippen molar-refractivity contribution in [2.75, 3.05) is 11.1 Å². The Morgan fingerprint density at radius 1 is 1.24 bits per heavy atom. The first-order chi connectivity index (χ1) is 10.0. The van der Waals surface area contributed by atoms with Crippen molar-refractivity contribution in [3.05, 3.63) is 17.8 Å². The molecule has 0 amide bonds. The molecule has 112 valence electrons. The van der Waals surface area contributed by atoms with E-state index in [0.29, 0.717) is 5.82 Å². The summed E-state index contributed by atoms with van der Waals surface area (Å²) in [6.07, 6.45) is 9.21. The second-order valence-corrected chi connectivity index (χ2v) is 7.28. The molecular weight excluding hydrogens is 266 g/mol. The van der Waals surface area contributed by atoms with Crippen molar-refractivity contribution >= 4 is 17.5 Å². The Hall–Kier alpha value is -1.78. The molecule has 1 aromatic heterocycles. The van der Waals surface area contributed by atoms with E-state index in [1.807, 2.05) is 0 Å². The van der Waals surface area contributed by atoms with Gasteiger partial charge in [-0.1, -0.05) is 0 Å². The molecule has 1 aromatic rings. The van der Waals surface area contributed by atoms with Crippen molar-refractivity contribution < 1.29 is 9.90 Å². The van der Waals surface area contributed by atoms with E-state index in [1.54, 1.807) is 6.07 Å². The molecular formula is C16H21N3O2. The van der Waals surface area contributed by atoms with E-state index >= 15 is 0 Å². The van der Waals surface area contributed by atoms with Crippen LogP contribution in [0.1, 0.15) is 48.9 Å². The second kappa shape index (κ2) is 4.36. The van der Waals surface area contributed by atoms with Crippen LogP contribution in [0.4, 0.5) is 11.5 Å². The Morgan fingerprint density at radius 3 is 2.33 bits per heavy atom. The van der Waals surface area contributed by atoms with Crippen molar-refractivity contribution in [3.63, 3.8) is 0 Å². The highest BCUT2D eigenvalue weighted by molar-refractivity contribution is 5.94. The van der Waals surface area contributed by atoms with Gasteiger partial charge < -0.3 is 16.2 Å². The van der Waals surface area contributed by atoms with Crippen LogP contribution in [0.2, 0.25) is 0 Å². The van der Waals surface area contributed by atoms with E-state index in [4.69, 9.17) is 5.73 Å². The van der Waals surface area contributed by atoms with E-state index < -0.39 is 5.97 Å². The van der Waals surface area contributed by atoms with Gasteiger partial charge >= 0.3 is 5.97 Å². The maximum atomic E-state index is 11.2. The third-order valence-corrected chi connectivity index (χ3v) is 5.60. The maximum absolute atomic E-state index is 11.2. The molecule has 5 rings (SSSR count). The quantitative estimate of drug-likeness (QED) is 0.795. The van der Waals surface area contributed by atoms with Gasteiger partial charge in [0.2, 0.25) is 0 Å². The van der Waals surface area contributed by atoms with Gasteiger partial charge in [-0.15, -0.1) is 0 Å². The molecule has 0 aromatic carbocycles. The summed E-state index contributed by atoms with van der Waals surface area (Å²) in [5, 5.41) is 12.8. The molecule has 0 radical (unpaired) electrons. The fourth-order valence-electron chi connectivity index (χ4n) is 5.25. The van der Waals surface area contributed by atoms with Crippen LogP contribution in [0.5, 0.6) is 0 Å². The highest BCUT2D eigenvalue weighted by Gasteiger charge is 2.51. The standard InChI is InChI=1S/C16H21N3O2/c17-13-8-18-14(4-12(13)15(20)21)19-16-5-9-1-10(6-16)3-11(2-9)7-16/h4,8-11H,1-3,5-7,17H2,(H,18,19)(H,20,21). The number of hydrogen-bond acceptors (Lipinski definition) is 4. The van der Waals surface area contributed by atoms with Gasteiger partial charge in [0, 0.05) is 5.54 Å². The molecule has 4 saturated carbocycles. The Morgan fingerprint density at radius 2 is 1.81 bits per heavy atom. The number of nitrogens with zero attached hydrogens (tertiary/aromatic N) is 1. The van der Waals surface area contributed by atoms with E-state index in [-0.39, 0.29) is 16.8 Å². The number of carboxylic acid groups (broad SMARTS) is 1. The van der Waals surface area contributed by atoms with Gasteiger partial charge in [0.25, 0.3) is 0 Å². The lowest BCUT2D eigenvalue weighted by Gasteiger charge is -2.57. The summed E-state index contributed by atoms with van der Waals surface area (Å²) in [6, 6.07) is 1.58. The third kappa shape index (κ3) is 2.15. The summed E-state index contributed by atoms with van der Waals surface area (Å²) in [5.74, 6) is 2.19. The first-order valence-corrected chi connectivity index (χ1v) is 7.80. The van der Waals surface area contributed by atoms with Crippen LogP contribution in [-0.2, 0) is 0 Å². The minimum absolute atomic E-state index is 0.133. The molecule has 21 heavy (non-hydrogen) atoms. The van der Waals surface area contributed by atoms with E-state index in [2.05, 4.69) is 10.3 Å². The third-order valence-electron chi connectivity index (χ3n) is 5.60. The van der Waals surface area contributed by atoms with Crippen LogP contribution >= 0.6 is 0 Å². The van der Waals surface area contributed by atoms with Gasteiger partial charge in [-0.3, -0.25) is 0 Å². The van der Waals surface area contributed by atoms with Crippen LogP contribution in [0.3, 0.4) is 0 Å². The molecule has 0 saturated heterocycles. The molecule has 4 N–H and O–H groups in total. The fourth-order valence-corrected chi connectivity index (χ4v) is 5.25. The highest BCUT2D eigenvalue weighted by Crippen LogP contribution is 2.56. The average molecular weight is 287 g/mol. The largest absolute Gasteiger partial charge is 0.478 e. The zero-order valence-electron chi connectivity index (χ0n) is 12.0. The topological polar surface area (TPSA) is 88.2 Å². The van der Waals surface area contributed by atoms with Crippen LogP contribution < -0.4 is 11.1 Å². The summed E-state index contributed by atoms with van der Waals surface area (Å²) in [7, 11) is 0. The average Bonchev–Trinajstić information content (AvgIpc) is 2.38. The van der Waals surface area contributed by atoms with E-state index in [1.165, 1.54) is 44.7 Å². The molecule has 0 unspecified atom stereocenters. The van der Waals surface area contributed by atoms with Crippen LogP contribution in [-0.4, -0.2) is 21.6 Å². The smallest absolute Gasteiger partial charge is 0.337 e. The summed E-state index contributed by atoms with van der Waals surface area (Å²) in [4.78, 5) is 15.5.